The first-order valence-corrected chi connectivity index (χ1v) is 10.2. The molecule has 1 amide bonds. The summed E-state index contributed by atoms with van der Waals surface area (Å²) in [5.74, 6) is -0.130. The van der Waals surface area contributed by atoms with Gasteiger partial charge in [0.2, 0.25) is 5.91 Å². The van der Waals surface area contributed by atoms with Crippen LogP contribution < -0.4 is 10.1 Å². The van der Waals surface area contributed by atoms with Crippen LogP contribution in [-0.2, 0) is 35.4 Å². The first-order valence-electron chi connectivity index (χ1n) is 10.2. The summed E-state index contributed by atoms with van der Waals surface area (Å²) in [6.45, 7) is 0.131. The molecular formula is C24H21N3O4. The van der Waals surface area contributed by atoms with Crippen molar-refractivity contribution in [1.82, 2.24) is 9.78 Å². The first kappa shape index (κ1) is 19.1. The van der Waals surface area contributed by atoms with Gasteiger partial charge in [-0.25, -0.2) is 0 Å². The molecule has 31 heavy (non-hydrogen) atoms. The Morgan fingerprint density at radius 3 is 2.71 bits per heavy atom. The van der Waals surface area contributed by atoms with Gasteiger partial charge in [0.15, 0.2) is 0 Å². The lowest BCUT2D eigenvalue weighted by atomic mass is 10.0. The predicted octanol–water partition coefficient (Wildman–Crippen LogP) is 3.90. The van der Waals surface area contributed by atoms with Crippen LogP contribution in [0.4, 0.5) is 5.69 Å². The van der Waals surface area contributed by atoms with E-state index in [1.807, 2.05) is 0 Å². The van der Waals surface area contributed by atoms with Gasteiger partial charge < -0.3 is 14.5 Å². The molecular weight excluding hydrogens is 394 g/mol. The van der Waals surface area contributed by atoms with E-state index in [9.17, 15) is 9.59 Å². The molecule has 0 bridgehead atoms. The average molecular weight is 415 g/mol. The van der Waals surface area contributed by atoms with Gasteiger partial charge in [-0.05, 0) is 72.9 Å². The predicted molar refractivity (Wildman–Crippen MR) is 115 cm³/mol. The van der Waals surface area contributed by atoms with E-state index in [1.54, 1.807) is 53.7 Å². The third kappa shape index (κ3) is 4.21. The zero-order chi connectivity index (χ0) is 21.2. The molecule has 7 nitrogen and oxygen atoms in total. The lowest BCUT2D eigenvalue weighted by Gasteiger charge is -2.07. The van der Waals surface area contributed by atoms with E-state index in [0.717, 1.165) is 29.4 Å². The molecule has 2 aromatic carbocycles. The van der Waals surface area contributed by atoms with Crippen molar-refractivity contribution < 1.29 is 18.7 Å². The molecule has 0 unspecified atom stereocenters. The van der Waals surface area contributed by atoms with Gasteiger partial charge in [-0.15, -0.1) is 0 Å². The smallest absolute Gasteiger partial charge is 0.315 e. The van der Waals surface area contributed by atoms with Gasteiger partial charge in [-0.3, -0.25) is 14.3 Å². The second-order valence-electron chi connectivity index (χ2n) is 7.66. The van der Waals surface area contributed by atoms with Gasteiger partial charge in [-0.1, -0.05) is 0 Å². The highest BCUT2D eigenvalue weighted by Crippen LogP contribution is 2.30. The van der Waals surface area contributed by atoms with Crippen LogP contribution in [-0.4, -0.2) is 21.7 Å². The number of anilines is 1. The van der Waals surface area contributed by atoms with Gasteiger partial charge >= 0.3 is 5.97 Å². The average Bonchev–Trinajstić information content (AvgIpc) is 3.50. The van der Waals surface area contributed by atoms with Crippen LogP contribution in [0.2, 0.25) is 0 Å². The summed E-state index contributed by atoms with van der Waals surface area (Å²) in [6.07, 6.45) is 8.44. The Bertz CT molecular complexity index is 1240. The van der Waals surface area contributed by atoms with Crippen LogP contribution in [0.1, 0.15) is 23.1 Å². The number of esters is 1. The number of fused-ring (bicyclic) bond motifs is 2. The number of ether oxygens (including phenoxy) is 1. The molecule has 2 aromatic heterocycles. The number of amides is 1. The van der Waals surface area contributed by atoms with Crippen LogP contribution in [0.15, 0.2) is 65.5 Å². The Hall–Kier alpha value is -3.87. The van der Waals surface area contributed by atoms with Gasteiger partial charge in [0.05, 0.1) is 12.7 Å². The third-order valence-corrected chi connectivity index (χ3v) is 5.44. The fraction of sp³-hybridized carbons (Fsp3) is 0.208. The third-order valence-electron chi connectivity index (χ3n) is 5.44. The summed E-state index contributed by atoms with van der Waals surface area (Å²) in [5.41, 5.74) is 4.95. The summed E-state index contributed by atoms with van der Waals surface area (Å²) < 4.78 is 12.7. The summed E-state index contributed by atoms with van der Waals surface area (Å²) in [6, 6.07) is 12.7. The SMILES string of the molecule is O=C(Cn1cccn1)Nc1ccc(OC(=O)Cc2coc3cc4c(cc23)CCC4)cc1. The Morgan fingerprint density at radius 2 is 1.94 bits per heavy atom. The summed E-state index contributed by atoms with van der Waals surface area (Å²) in [5, 5.41) is 7.77. The minimum atomic E-state index is -0.362. The lowest BCUT2D eigenvalue weighted by molar-refractivity contribution is -0.133. The lowest BCUT2D eigenvalue weighted by Crippen LogP contribution is -2.19. The van der Waals surface area contributed by atoms with Crippen LogP contribution in [0.5, 0.6) is 5.75 Å². The molecule has 0 saturated heterocycles. The standard InChI is InChI=1S/C24H21N3O4/c28-23(14-27-10-2-9-25-27)26-19-5-7-20(8-6-19)31-24(29)13-18-15-30-22-12-17-4-1-3-16(17)11-21(18)22/h2,5-12,15H,1,3-4,13-14H2,(H,26,28). The second kappa shape index (κ2) is 8.10. The van der Waals surface area contributed by atoms with Crippen molar-refractivity contribution in [3.63, 3.8) is 0 Å². The number of nitrogens with zero attached hydrogens (tertiary/aromatic N) is 2. The molecule has 156 valence electrons. The molecule has 1 N–H and O–H groups in total. The number of aryl methyl sites for hydroxylation is 2. The van der Waals surface area contributed by atoms with E-state index in [-0.39, 0.29) is 24.8 Å². The van der Waals surface area contributed by atoms with Gasteiger partial charge in [0.25, 0.3) is 0 Å². The number of rotatable bonds is 6. The molecule has 4 aromatic rings. The second-order valence-corrected chi connectivity index (χ2v) is 7.66. The minimum absolute atomic E-state index is 0.131. The molecule has 5 rings (SSSR count). The van der Waals surface area contributed by atoms with Crippen LogP contribution in [0.25, 0.3) is 11.0 Å². The highest BCUT2D eigenvalue weighted by molar-refractivity contribution is 5.90. The number of carbonyl (C=O) groups excluding carboxylic acids is 2. The Morgan fingerprint density at radius 1 is 1.13 bits per heavy atom. The minimum Gasteiger partial charge on any atom is -0.464 e. The number of furan rings is 1. The number of nitrogens with one attached hydrogen (secondary N) is 1. The highest BCUT2D eigenvalue weighted by atomic mass is 16.5. The van der Waals surface area contributed by atoms with Crippen molar-refractivity contribution in [2.24, 2.45) is 0 Å². The number of hydrogen-bond acceptors (Lipinski definition) is 5. The van der Waals surface area contributed by atoms with Crippen LogP contribution in [0, 0.1) is 0 Å². The van der Waals surface area contributed by atoms with E-state index in [1.165, 1.54) is 17.5 Å². The largest absolute Gasteiger partial charge is 0.464 e. The van der Waals surface area contributed by atoms with Crippen molar-refractivity contribution in [1.29, 1.82) is 0 Å². The van der Waals surface area contributed by atoms with Gasteiger partial charge in [0, 0.05) is 29.0 Å². The van der Waals surface area contributed by atoms with E-state index >= 15 is 0 Å². The molecule has 0 saturated carbocycles. The van der Waals surface area contributed by atoms with Crippen molar-refractivity contribution >= 4 is 28.5 Å². The number of aromatic nitrogens is 2. The van der Waals surface area contributed by atoms with Crippen molar-refractivity contribution in [3.05, 3.63) is 77.8 Å². The molecule has 7 heteroatoms. The van der Waals surface area contributed by atoms with Crippen LogP contribution in [0.3, 0.4) is 0 Å². The van der Waals surface area contributed by atoms with Crippen molar-refractivity contribution in [3.8, 4) is 5.75 Å². The highest BCUT2D eigenvalue weighted by Gasteiger charge is 2.17. The number of carbonyl (C=O) groups is 2. The molecule has 0 fully saturated rings. The molecule has 0 atom stereocenters. The quantitative estimate of drug-likeness (QED) is 0.381. The fourth-order valence-electron chi connectivity index (χ4n) is 3.96. The number of benzene rings is 2. The monoisotopic (exact) mass is 415 g/mol. The molecule has 1 aliphatic carbocycles. The Balaban J connectivity index is 1.20. The van der Waals surface area contributed by atoms with E-state index in [4.69, 9.17) is 9.15 Å². The molecule has 0 aliphatic heterocycles. The van der Waals surface area contributed by atoms with Crippen molar-refractivity contribution in [2.75, 3.05) is 5.32 Å². The van der Waals surface area contributed by atoms with Gasteiger partial charge in [0.1, 0.15) is 17.9 Å². The van der Waals surface area contributed by atoms with E-state index in [2.05, 4.69) is 22.5 Å². The number of hydrogen-bond donors (Lipinski definition) is 1. The first-order chi connectivity index (χ1) is 15.1. The topological polar surface area (TPSA) is 86.4 Å². The Labute approximate surface area is 178 Å². The normalized spacial score (nSPS) is 12.6. The summed E-state index contributed by atoms with van der Waals surface area (Å²) >= 11 is 0. The molecule has 0 radical (unpaired) electrons. The van der Waals surface area contributed by atoms with E-state index < -0.39 is 0 Å². The maximum atomic E-state index is 12.5. The maximum Gasteiger partial charge on any atom is 0.315 e. The van der Waals surface area contributed by atoms with E-state index in [0.29, 0.717) is 11.4 Å². The van der Waals surface area contributed by atoms with Gasteiger partial charge in [-0.2, -0.15) is 5.10 Å². The molecule has 0 spiro atoms. The Kier molecular flexibility index (Phi) is 5.00. The zero-order valence-electron chi connectivity index (χ0n) is 16.8. The summed E-state index contributed by atoms with van der Waals surface area (Å²) in [7, 11) is 0. The fourth-order valence-corrected chi connectivity index (χ4v) is 3.96. The van der Waals surface area contributed by atoms with Crippen molar-refractivity contribution in [2.45, 2.75) is 32.2 Å². The zero-order valence-corrected chi connectivity index (χ0v) is 16.8. The van der Waals surface area contributed by atoms with Crippen LogP contribution >= 0.6 is 0 Å². The molecule has 2 heterocycles. The molecule has 1 aliphatic rings. The maximum absolute atomic E-state index is 12.5. The summed E-state index contributed by atoms with van der Waals surface area (Å²) in [4.78, 5) is 24.5.